The summed E-state index contributed by atoms with van der Waals surface area (Å²) in [6.07, 6.45) is 2.61. The number of carbonyl (C=O) groups excluding carboxylic acids is 2. The van der Waals surface area contributed by atoms with E-state index in [0.717, 1.165) is 40.8 Å². The molecule has 124 valence electrons. The molecule has 1 saturated heterocycles. The molecule has 0 aliphatic carbocycles. The van der Waals surface area contributed by atoms with Gasteiger partial charge >= 0.3 is 0 Å². The van der Waals surface area contributed by atoms with Gasteiger partial charge in [-0.2, -0.15) is 0 Å². The minimum Gasteiger partial charge on any atom is -0.318 e. The molecule has 1 aromatic carbocycles. The Kier molecular flexibility index (Phi) is 4.62. The van der Waals surface area contributed by atoms with Gasteiger partial charge in [0.15, 0.2) is 0 Å². The van der Waals surface area contributed by atoms with Crippen molar-refractivity contribution in [3.63, 3.8) is 0 Å². The van der Waals surface area contributed by atoms with Crippen molar-refractivity contribution in [3.05, 3.63) is 58.3 Å². The van der Waals surface area contributed by atoms with Crippen LogP contribution in [-0.4, -0.2) is 27.2 Å². The number of aryl methyl sites for hydroxylation is 1. The lowest BCUT2D eigenvalue weighted by molar-refractivity contribution is -0.122. The Morgan fingerprint density at radius 1 is 1.12 bits per heavy atom. The van der Waals surface area contributed by atoms with Crippen molar-refractivity contribution in [2.45, 2.75) is 27.2 Å². The summed E-state index contributed by atoms with van der Waals surface area (Å²) in [6, 6.07) is 12.2. The highest BCUT2D eigenvalue weighted by molar-refractivity contribution is 8.18. The average molecular weight is 340 g/mol. The van der Waals surface area contributed by atoms with Gasteiger partial charge in [-0.1, -0.05) is 25.1 Å². The fourth-order valence-corrected chi connectivity index (χ4v) is 3.82. The lowest BCUT2D eigenvalue weighted by atomic mass is 10.2. The molecule has 0 unspecified atom stereocenters. The Balaban J connectivity index is 1.98. The first-order chi connectivity index (χ1) is 11.5. The number of carbonyl (C=O) groups is 2. The summed E-state index contributed by atoms with van der Waals surface area (Å²) in [5.74, 6) is -0.184. The van der Waals surface area contributed by atoms with E-state index in [0.29, 0.717) is 11.4 Å². The van der Waals surface area contributed by atoms with Crippen molar-refractivity contribution < 1.29 is 9.59 Å². The quantitative estimate of drug-likeness (QED) is 0.767. The molecule has 0 radical (unpaired) electrons. The van der Waals surface area contributed by atoms with E-state index in [2.05, 4.69) is 22.8 Å². The predicted octanol–water partition coefficient (Wildman–Crippen LogP) is 4.54. The number of rotatable bonds is 4. The van der Waals surface area contributed by atoms with Gasteiger partial charge in [0.05, 0.1) is 4.91 Å². The molecule has 24 heavy (non-hydrogen) atoms. The van der Waals surface area contributed by atoms with Crippen molar-refractivity contribution >= 4 is 29.0 Å². The number of aromatic nitrogens is 1. The highest BCUT2D eigenvalue weighted by Crippen LogP contribution is 2.33. The number of para-hydroxylation sites is 1. The van der Waals surface area contributed by atoms with Crippen LogP contribution in [0.4, 0.5) is 4.79 Å². The van der Waals surface area contributed by atoms with Gasteiger partial charge in [0.2, 0.25) is 0 Å². The van der Waals surface area contributed by atoms with Crippen LogP contribution in [-0.2, 0) is 4.79 Å². The Morgan fingerprint density at radius 3 is 2.50 bits per heavy atom. The third-order valence-electron chi connectivity index (χ3n) is 4.09. The van der Waals surface area contributed by atoms with E-state index in [1.807, 2.05) is 45.0 Å². The van der Waals surface area contributed by atoms with E-state index in [1.165, 1.54) is 4.90 Å². The Bertz CT molecular complexity index is 821. The summed E-state index contributed by atoms with van der Waals surface area (Å²) in [5, 5.41) is -0.176. The summed E-state index contributed by atoms with van der Waals surface area (Å²) in [4.78, 5) is 26.2. The molecule has 5 heteroatoms. The molecule has 0 bridgehead atoms. The first kappa shape index (κ1) is 16.6. The molecule has 0 atom stereocenters. The highest BCUT2D eigenvalue weighted by atomic mass is 32.2. The van der Waals surface area contributed by atoms with Crippen molar-refractivity contribution in [1.29, 1.82) is 0 Å². The van der Waals surface area contributed by atoms with Crippen molar-refractivity contribution in [2.24, 2.45) is 0 Å². The Morgan fingerprint density at radius 2 is 1.83 bits per heavy atom. The van der Waals surface area contributed by atoms with E-state index in [4.69, 9.17) is 0 Å². The molecule has 3 rings (SSSR count). The second-order valence-corrected chi connectivity index (χ2v) is 6.82. The highest BCUT2D eigenvalue weighted by Gasteiger charge is 2.34. The maximum Gasteiger partial charge on any atom is 0.293 e. The average Bonchev–Trinajstić information content (AvgIpc) is 2.99. The first-order valence-electron chi connectivity index (χ1n) is 8.02. The summed E-state index contributed by atoms with van der Waals surface area (Å²) in [7, 11) is 0. The minimum atomic E-state index is -0.184. The Hall–Kier alpha value is -2.27. The number of hydrogen-bond donors (Lipinski definition) is 0. The lowest BCUT2D eigenvalue weighted by Gasteiger charge is -2.10. The van der Waals surface area contributed by atoms with Gasteiger partial charge in [0.1, 0.15) is 0 Å². The predicted molar refractivity (Wildman–Crippen MR) is 98.2 cm³/mol. The summed E-state index contributed by atoms with van der Waals surface area (Å²) < 4.78 is 2.15. The number of imide groups is 1. The van der Waals surface area contributed by atoms with Gasteiger partial charge in [-0.25, -0.2) is 0 Å². The normalized spacial score (nSPS) is 16.5. The van der Waals surface area contributed by atoms with Gasteiger partial charge in [-0.3, -0.25) is 14.5 Å². The third kappa shape index (κ3) is 2.91. The fourth-order valence-electron chi connectivity index (χ4n) is 2.97. The molecule has 2 aromatic rings. The molecule has 4 nitrogen and oxygen atoms in total. The number of benzene rings is 1. The second-order valence-electron chi connectivity index (χ2n) is 5.83. The summed E-state index contributed by atoms with van der Waals surface area (Å²) >= 11 is 1.03. The van der Waals surface area contributed by atoms with E-state index in [1.54, 1.807) is 0 Å². The molecule has 0 spiro atoms. The molecule has 2 heterocycles. The van der Waals surface area contributed by atoms with Gasteiger partial charge in [-0.15, -0.1) is 0 Å². The van der Waals surface area contributed by atoms with Crippen LogP contribution in [0.2, 0.25) is 0 Å². The minimum absolute atomic E-state index is 0.176. The van der Waals surface area contributed by atoms with Crippen molar-refractivity contribution in [3.8, 4) is 5.69 Å². The number of hydrogen-bond acceptors (Lipinski definition) is 3. The SMILES string of the molecule is CCCN1C(=O)S/C(=C\c2cc(C)n(-c3ccccc3)c2C)C1=O. The van der Waals surface area contributed by atoms with E-state index in [-0.39, 0.29) is 11.1 Å². The summed E-state index contributed by atoms with van der Waals surface area (Å²) in [5.41, 5.74) is 4.21. The van der Waals surface area contributed by atoms with Crippen LogP contribution in [0.15, 0.2) is 41.3 Å². The monoisotopic (exact) mass is 340 g/mol. The van der Waals surface area contributed by atoms with Gasteiger partial charge in [-0.05, 0) is 61.9 Å². The summed E-state index contributed by atoms with van der Waals surface area (Å²) in [6.45, 7) is 6.51. The smallest absolute Gasteiger partial charge is 0.293 e. The topological polar surface area (TPSA) is 42.3 Å². The van der Waals surface area contributed by atoms with E-state index < -0.39 is 0 Å². The lowest BCUT2D eigenvalue weighted by Crippen LogP contribution is -2.28. The molecule has 1 aliphatic heterocycles. The molecule has 1 aromatic heterocycles. The van der Waals surface area contributed by atoms with E-state index in [9.17, 15) is 9.59 Å². The zero-order valence-electron chi connectivity index (χ0n) is 14.1. The van der Waals surface area contributed by atoms with Gasteiger partial charge in [0.25, 0.3) is 11.1 Å². The van der Waals surface area contributed by atoms with Crippen LogP contribution in [0.1, 0.15) is 30.3 Å². The standard InChI is InChI=1S/C19H20N2O2S/c1-4-10-20-18(22)17(24-19(20)23)12-15-11-13(2)21(14(15)3)16-8-6-5-7-9-16/h5-9,11-12H,4,10H2,1-3H3/b17-12-. The molecule has 0 saturated carbocycles. The van der Waals surface area contributed by atoms with Gasteiger partial charge in [0, 0.05) is 23.6 Å². The van der Waals surface area contributed by atoms with Crippen LogP contribution < -0.4 is 0 Å². The molecular weight excluding hydrogens is 320 g/mol. The van der Waals surface area contributed by atoms with Crippen LogP contribution >= 0.6 is 11.8 Å². The van der Waals surface area contributed by atoms with Crippen LogP contribution in [0, 0.1) is 13.8 Å². The van der Waals surface area contributed by atoms with Gasteiger partial charge < -0.3 is 4.57 Å². The van der Waals surface area contributed by atoms with E-state index >= 15 is 0 Å². The van der Waals surface area contributed by atoms with Crippen molar-refractivity contribution in [1.82, 2.24) is 9.47 Å². The number of amides is 2. The van der Waals surface area contributed by atoms with Crippen LogP contribution in [0.3, 0.4) is 0 Å². The van der Waals surface area contributed by atoms with Crippen molar-refractivity contribution in [2.75, 3.05) is 6.54 Å². The largest absolute Gasteiger partial charge is 0.318 e. The number of nitrogens with zero attached hydrogens (tertiary/aromatic N) is 2. The Labute approximate surface area is 146 Å². The zero-order valence-corrected chi connectivity index (χ0v) is 14.9. The zero-order chi connectivity index (χ0) is 17.3. The third-order valence-corrected chi connectivity index (χ3v) is 5.00. The molecular formula is C19H20N2O2S. The number of thioether (sulfide) groups is 1. The molecule has 1 fully saturated rings. The molecule has 1 aliphatic rings. The fraction of sp³-hybridized carbons (Fsp3) is 0.263. The van der Waals surface area contributed by atoms with Crippen LogP contribution in [0.5, 0.6) is 0 Å². The second kappa shape index (κ2) is 6.69. The molecule has 0 N–H and O–H groups in total. The maximum atomic E-state index is 12.4. The van der Waals surface area contributed by atoms with Crippen LogP contribution in [0.25, 0.3) is 11.8 Å². The first-order valence-corrected chi connectivity index (χ1v) is 8.84. The maximum absolute atomic E-state index is 12.4. The molecule has 2 amide bonds.